The Kier molecular flexibility index (Phi) is 3.79. The highest BCUT2D eigenvalue weighted by Gasteiger charge is 2.35. The zero-order valence-electron chi connectivity index (χ0n) is 11.8. The van der Waals surface area contributed by atoms with Crippen LogP contribution >= 0.6 is 0 Å². The fourth-order valence-electron chi connectivity index (χ4n) is 1.68. The van der Waals surface area contributed by atoms with Crippen molar-refractivity contribution in [1.29, 1.82) is 5.26 Å². The van der Waals surface area contributed by atoms with Crippen LogP contribution in [0.1, 0.15) is 26.3 Å². The van der Waals surface area contributed by atoms with E-state index in [1.165, 1.54) is 6.20 Å². The summed E-state index contributed by atoms with van der Waals surface area (Å²) in [6.45, 7) is 6.46. The highest BCUT2D eigenvalue weighted by atomic mass is 16.6. The molecular formula is C14H17N3O3. The molecule has 0 saturated carbocycles. The van der Waals surface area contributed by atoms with Crippen molar-refractivity contribution in [2.45, 2.75) is 32.5 Å². The lowest BCUT2D eigenvalue weighted by Crippen LogP contribution is -2.57. The first kappa shape index (κ1) is 14.1. The summed E-state index contributed by atoms with van der Waals surface area (Å²) in [7, 11) is 0. The van der Waals surface area contributed by atoms with Gasteiger partial charge in [-0.15, -0.1) is 0 Å². The van der Waals surface area contributed by atoms with Crippen LogP contribution in [0.2, 0.25) is 0 Å². The average molecular weight is 275 g/mol. The van der Waals surface area contributed by atoms with Gasteiger partial charge < -0.3 is 14.4 Å². The van der Waals surface area contributed by atoms with Crippen LogP contribution in [0.15, 0.2) is 18.3 Å². The third-order valence-corrected chi connectivity index (χ3v) is 2.65. The minimum atomic E-state index is -0.488. The van der Waals surface area contributed by atoms with Crippen LogP contribution < -0.4 is 4.74 Å². The molecule has 106 valence electrons. The van der Waals surface area contributed by atoms with Gasteiger partial charge in [-0.3, -0.25) is 0 Å². The van der Waals surface area contributed by atoms with Crippen LogP contribution in [0, 0.1) is 11.3 Å². The number of hydrogen-bond donors (Lipinski definition) is 0. The molecule has 0 spiro atoms. The van der Waals surface area contributed by atoms with Gasteiger partial charge in [-0.1, -0.05) is 0 Å². The molecular weight excluding hydrogens is 258 g/mol. The average Bonchev–Trinajstić information content (AvgIpc) is 2.31. The third-order valence-electron chi connectivity index (χ3n) is 2.65. The first-order valence-electron chi connectivity index (χ1n) is 6.38. The number of pyridine rings is 1. The van der Waals surface area contributed by atoms with Crippen LogP contribution in [0.5, 0.6) is 5.88 Å². The Morgan fingerprint density at radius 1 is 1.45 bits per heavy atom. The van der Waals surface area contributed by atoms with Gasteiger partial charge >= 0.3 is 6.09 Å². The van der Waals surface area contributed by atoms with Crippen molar-refractivity contribution in [2.75, 3.05) is 13.1 Å². The fraction of sp³-hybridized carbons (Fsp3) is 0.500. The number of likely N-dealkylation sites (tertiary alicyclic amines) is 1. The Labute approximate surface area is 117 Å². The van der Waals surface area contributed by atoms with Crippen molar-refractivity contribution in [3.63, 3.8) is 0 Å². The summed E-state index contributed by atoms with van der Waals surface area (Å²) in [4.78, 5) is 17.3. The summed E-state index contributed by atoms with van der Waals surface area (Å²) in [6, 6.07) is 5.28. The van der Waals surface area contributed by atoms with E-state index in [-0.39, 0.29) is 12.2 Å². The standard InChI is InChI=1S/C14H17N3O3/c1-14(2,3)20-13(18)17-8-11(9-17)19-12-5-4-10(6-15)7-16-12/h4-5,7,11H,8-9H2,1-3H3. The number of amides is 1. The molecule has 2 rings (SSSR count). The molecule has 0 N–H and O–H groups in total. The lowest BCUT2D eigenvalue weighted by Gasteiger charge is -2.39. The lowest BCUT2D eigenvalue weighted by atomic mass is 10.2. The maximum atomic E-state index is 11.7. The number of nitriles is 1. The monoisotopic (exact) mass is 275 g/mol. The molecule has 0 aliphatic carbocycles. The van der Waals surface area contributed by atoms with Gasteiger partial charge in [0.05, 0.1) is 18.7 Å². The van der Waals surface area contributed by atoms with E-state index >= 15 is 0 Å². The summed E-state index contributed by atoms with van der Waals surface area (Å²) >= 11 is 0. The van der Waals surface area contributed by atoms with Crippen LogP contribution in [0.25, 0.3) is 0 Å². The molecule has 1 fully saturated rings. The van der Waals surface area contributed by atoms with Crippen molar-refractivity contribution < 1.29 is 14.3 Å². The normalized spacial score (nSPS) is 15.2. The largest absolute Gasteiger partial charge is 0.471 e. The first-order valence-corrected chi connectivity index (χ1v) is 6.38. The number of carbonyl (C=O) groups is 1. The summed E-state index contributed by atoms with van der Waals surface area (Å²) in [5, 5.41) is 8.67. The number of aromatic nitrogens is 1. The summed E-state index contributed by atoms with van der Waals surface area (Å²) < 4.78 is 10.8. The van der Waals surface area contributed by atoms with Gasteiger partial charge in [0.25, 0.3) is 0 Å². The summed E-state index contributed by atoms with van der Waals surface area (Å²) in [5.41, 5.74) is -0.00103. The van der Waals surface area contributed by atoms with Crippen molar-refractivity contribution in [2.24, 2.45) is 0 Å². The molecule has 1 aromatic heterocycles. The maximum absolute atomic E-state index is 11.7. The van der Waals surface area contributed by atoms with E-state index in [1.807, 2.05) is 26.8 Å². The van der Waals surface area contributed by atoms with Crippen LogP contribution in [0.4, 0.5) is 4.79 Å². The predicted octanol–water partition coefficient (Wildman–Crippen LogP) is 1.95. The van der Waals surface area contributed by atoms with Crippen molar-refractivity contribution in [3.05, 3.63) is 23.9 Å². The van der Waals surface area contributed by atoms with Crippen LogP contribution in [-0.2, 0) is 4.74 Å². The Balaban J connectivity index is 1.79. The van der Waals surface area contributed by atoms with Crippen molar-refractivity contribution >= 4 is 6.09 Å². The Hall–Kier alpha value is -2.29. The molecule has 1 aliphatic heterocycles. The molecule has 0 unspecified atom stereocenters. The van der Waals surface area contributed by atoms with E-state index < -0.39 is 5.60 Å². The first-order chi connectivity index (χ1) is 9.37. The molecule has 6 nitrogen and oxygen atoms in total. The molecule has 2 heterocycles. The number of ether oxygens (including phenoxy) is 2. The van der Waals surface area contributed by atoms with Crippen molar-refractivity contribution in [1.82, 2.24) is 9.88 Å². The number of nitrogens with zero attached hydrogens (tertiary/aromatic N) is 3. The minimum Gasteiger partial charge on any atom is -0.471 e. The smallest absolute Gasteiger partial charge is 0.410 e. The minimum absolute atomic E-state index is 0.0806. The van der Waals surface area contributed by atoms with Gasteiger partial charge in [-0.2, -0.15) is 5.26 Å². The highest BCUT2D eigenvalue weighted by molar-refractivity contribution is 5.69. The highest BCUT2D eigenvalue weighted by Crippen LogP contribution is 2.19. The zero-order valence-corrected chi connectivity index (χ0v) is 11.8. The second kappa shape index (κ2) is 5.37. The quantitative estimate of drug-likeness (QED) is 0.824. The van der Waals surface area contributed by atoms with Crippen LogP contribution in [0.3, 0.4) is 0 Å². The van der Waals surface area contributed by atoms with E-state index in [9.17, 15) is 4.79 Å². The maximum Gasteiger partial charge on any atom is 0.410 e. The van der Waals surface area contributed by atoms with Gasteiger partial charge in [-0.05, 0) is 26.8 Å². The molecule has 6 heteroatoms. The summed E-state index contributed by atoms with van der Waals surface area (Å²) in [6.07, 6.45) is 1.05. The molecule has 1 amide bonds. The molecule has 0 radical (unpaired) electrons. The Morgan fingerprint density at radius 2 is 2.15 bits per heavy atom. The van der Waals surface area contributed by atoms with Gasteiger partial charge in [0.2, 0.25) is 5.88 Å². The molecule has 0 bridgehead atoms. The molecule has 0 aromatic carbocycles. The number of rotatable bonds is 2. The topological polar surface area (TPSA) is 75.4 Å². The summed E-state index contributed by atoms with van der Waals surface area (Å²) in [5.74, 6) is 0.456. The Bertz CT molecular complexity index is 522. The Morgan fingerprint density at radius 3 is 2.65 bits per heavy atom. The fourth-order valence-corrected chi connectivity index (χ4v) is 1.68. The second-order valence-electron chi connectivity index (χ2n) is 5.62. The molecule has 0 atom stereocenters. The van der Waals surface area contributed by atoms with E-state index in [0.717, 1.165) is 0 Å². The van der Waals surface area contributed by atoms with Gasteiger partial charge in [0, 0.05) is 12.3 Å². The van der Waals surface area contributed by atoms with Crippen LogP contribution in [-0.4, -0.2) is 40.8 Å². The van der Waals surface area contributed by atoms with Gasteiger partial charge in [0.15, 0.2) is 0 Å². The molecule has 1 saturated heterocycles. The van der Waals surface area contributed by atoms with E-state index in [0.29, 0.717) is 24.5 Å². The molecule has 1 aliphatic rings. The van der Waals surface area contributed by atoms with E-state index in [1.54, 1.807) is 17.0 Å². The number of carbonyl (C=O) groups excluding carboxylic acids is 1. The second-order valence-corrected chi connectivity index (χ2v) is 5.62. The lowest BCUT2D eigenvalue weighted by molar-refractivity contribution is -0.0232. The molecule has 20 heavy (non-hydrogen) atoms. The van der Waals surface area contributed by atoms with E-state index in [4.69, 9.17) is 14.7 Å². The zero-order chi connectivity index (χ0) is 14.8. The SMILES string of the molecule is CC(C)(C)OC(=O)N1CC(Oc2ccc(C#N)cn2)C1. The molecule has 1 aromatic rings. The van der Waals surface area contributed by atoms with Gasteiger partial charge in [0.1, 0.15) is 17.8 Å². The predicted molar refractivity (Wildman–Crippen MR) is 71.2 cm³/mol. The van der Waals surface area contributed by atoms with Gasteiger partial charge in [-0.25, -0.2) is 9.78 Å². The third kappa shape index (κ3) is 3.60. The van der Waals surface area contributed by atoms with Crippen molar-refractivity contribution in [3.8, 4) is 11.9 Å². The van der Waals surface area contributed by atoms with E-state index in [2.05, 4.69) is 4.98 Å². The number of hydrogen-bond acceptors (Lipinski definition) is 5.